The van der Waals surface area contributed by atoms with Gasteiger partial charge in [-0.3, -0.25) is 4.79 Å². The van der Waals surface area contributed by atoms with Gasteiger partial charge in [0.15, 0.2) is 0 Å². The summed E-state index contributed by atoms with van der Waals surface area (Å²) in [7, 11) is 5.27. The molecule has 144 valence electrons. The average molecular weight is 370 g/mol. The first-order valence-corrected chi connectivity index (χ1v) is 9.14. The zero-order valence-corrected chi connectivity index (χ0v) is 16.3. The average Bonchev–Trinajstić information content (AvgIpc) is 3.25. The molecule has 2 aliphatic rings. The van der Waals surface area contributed by atoms with Crippen LogP contribution in [0.4, 0.5) is 5.69 Å². The second kappa shape index (κ2) is 7.96. The fraction of sp³-hybridized carbons (Fsp3) is 0.429. The molecule has 0 spiro atoms. The Morgan fingerprint density at radius 3 is 2.59 bits per heavy atom. The number of benzene rings is 1. The van der Waals surface area contributed by atoms with E-state index in [2.05, 4.69) is 0 Å². The van der Waals surface area contributed by atoms with Crippen LogP contribution in [-0.2, 0) is 19.1 Å². The lowest BCUT2D eigenvalue weighted by molar-refractivity contribution is -0.136. The summed E-state index contributed by atoms with van der Waals surface area (Å²) in [6, 6.07) is 7.82. The van der Waals surface area contributed by atoms with Crippen molar-refractivity contribution in [3.05, 3.63) is 46.7 Å². The molecule has 1 atom stereocenters. The first kappa shape index (κ1) is 19.2. The van der Waals surface area contributed by atoms with Crippen LogP contribution in [-0.4, -0.2) is 57.2 Å². The third-order valence-electron chi connectivity index (χ3n) is 5.03. The Morgan fingerprint density at radius 2 is 2.04 bits per heavy atom. The van der Waals surface area contributed by atoms with E-state index >= 15 is 0 Å². The van der Waals surface area contributed by atoms with Crippen molar-refractivity contribution in [2.75, 3.05) is 39.3 Å². The summed E-state index contributed by atoms with van der Waals surface area (Å²) in [5.41, 5.74) is 3.25. The third kappa shape index (κ3) is 3.90. The van der Waals surface area contributed by atoms with Crippen molar-refractivity contribution in [2.24, 2.45) is 0 Å². The van der Waals surface area contributed by atoms with E-state index in [0.717, 1.165) is 30.7 Å². The van der Waals surface area contributed by atoms with E-state index in [1.54, 1.807) is 17.9 Å². The van der Waals surface area contributed by atoms with E-state index in [-0.39, 0.29) is 12.0 Å². The number of nitrogens with zero attached hydrogens (tertiary/aromatic N) is 2. The number of methoxy groups -OCH3 is 1. The molecule has 1 fully saturated rings. The van der Waals surface area contributed by atoms with Gasteiger partial charge < -0.3 is 19.3 Å². The molecule has 0 N–H and O–H groups in total. The molecule has 6 nitrogen and oxygen atoms in total. The molecule has 1 saturated heterocycles. The van der Waals surface area contributed by atoms with E-state index in [1.165, 1.54) is 7.11 Å². The van der Waals surface area contributed by atoms with Crippen LogP contribution in [0.2, 0.25) is 0 Å². The molecule has 0 bridgehead atoms. The number of esters is 1. The van der Waals surface area contributed by atoms with Gasteiger partial charge in [-0.05, 0) is 43.5 Å². The monoisotopic (exact) mass is 370 g/mol. The number of amides is 1. The van der Waals surface area contributed by atoms with Crippen molar-refractivity contribution in [1.29, 1.82) is 0 Å². The van der Waals surface area contributed by atoms with Gasteiger partial charge in [0.25, 0.3) is 5.91 Å². The summed E-state index contributed by atoms with van der Waals surface area (Å²) >= 11 is 0. The maximum absolute atomic E-state index is 13.1. The number of allylic oxidation sites excluding steroid dienone is 1. The van der Waals surface area contributed by atoms with E-state index in [4.69, 9.17) is 9.47 Å². The number of hydrogen-bond donors (Lipinski definition) is 0. The Kier molecular flexibility index (Phi) is 5.65. The molecule has 27 heavy (non-hydrogen) atoms. The van der Waals surface area contributed by atoms with Gasteiger partial charge in [0.2, 0.25) is 0 Å². The van der Waals surface area contributed by atoms with Gasteiger partial charge in [-0.1, -0.05) is 12.1 Å². The number of carbonyl (C=O) groups excluding carboxylic acids is 2. The summed E-state index contributed by atoms with van der Waals surface area (Å²) < 4.78 is 10.6. The number of hydrogen-bond acceptors (Lipinski definition) is 5. The van der Waals surface area contributed by atoms with Crippen molar-refractivity contribution in [1.82, 2.24) is 4.90 Å². The first-order chi connectivity index (χ1) is 12.9. The predicted molar refractivity (Wildman–Crippen MR) is 104 cm³/mol. The SMILES string of the molecule is COC(=O)C1=C(C)N(CC2CCCO2)C(=O)C1=Cc1ccc(N(C)C)cc1. The summed E-state index contributed by atoms with van der Waals surface area (Å²) in [4.78, 5) is 29.1. The lowest BCUT2D eigenvalue weighted by atomic mass is 10.0. The Bertz CT molecular complexity index is 787. The minimum Gasteiger partial charge on any atom is -0.465 e. The van der Waals surface area contributed by atoms with Gasteiger partial charge in [-0.15, -0.1) is 0 Å². The second-order valence-electron chi connectivity index (χ2n) is 7.05. The highest BCUT2D eigenvalue weighted by Crippen LogP contribution is 2.33. The highest BCUT2D eigenvalue weighted by Gasteiger charge is 2.38. The summed E-state index contributed by atoms with van der Waals surface area (Å²) in [5.74, 6) is -0.674. The molecule has 0 saturated carbocycles. The predicted octanol–water partition coefficient (Wildman–Crippen LogP) is 2.60. The lowest BCUT2D eigenvalue weighted by Gasteiger charge is -2.21. The molecule has 0 radical (unpaired) electrons. The molecule has 1 aromatic carbocycles. The fourth-order valence-electron chi connectivity index (χ4n) is 3.48. The summed E-state index contributed by atoms with van der Waals surface area (Å²) in [5, 5.41) is 0. The first-order valence-electron chi connectivity index (χ1n) is 9.14. The van der Waals surface area contributed by atoms with Crippen LogP contribution in [0, 0.1) is 0 Å². The Morgan fingerprint density at radius 1 is 1.33 bits per heavy atom. The largest absolute Gasteiger partial charge is 0.465 e. The summed E-state index contributed by atoms with van der Waals surface area (Å²) in [6.07, 6.45) is 3.70. The second-order valence-corrected chi connectivity index (χ2v) is 7.05. The van der Waals surface area contributed by atoms with Gasteiger partial charge in [0.05, 0.1) is 30.9 Å². The van der Waals surface area contributed by atoms with Crippen molar-refractivity contribution >= 4 is 23.6 Å². The zero-order chi connectivity index (χ0) is 19.6. The van der Waals surface area contributed by atoms with Gasteiger partial charge in [0, 0.05) is 32.1 Å². The van der Waals surface area contributed by atoms with Gasteiger partial charge in [0.1, 0.15) is 0 Å². The topological polar surface area (TPSA) is 59.1 Å². The van der Waals surface area contributed by atoms with Gasteiger partial charge in [-0.2, -0.15) is 0 Å². The number of anilines is 1. The molecule has 6 heteroatoms. The zero-order valence-electron chi connectivity index (χ0n) is 16.3. The van der Waals surface area contributed by atoms with Crippen molar-refractivity contribution in [2.45, 2.75) is 25.9 Å². The Balaban J connectivity index is 1.94. The third-order valence-corrected chi connectivity index (χ3v) is 5.03. The Labute approximate surface area is 160 Å². The molecule has 0 aliphatic carbocycles. The Hall–Kier alpha value is -2.60. The van der Waals surface area contributed by atoms with Crippen molar-refractivity contribution in [3.8, 4) is 0 Å². The van der Waals surface area contributed by atoms with Crippen LogP contribution < -0.4 is 4.90 Å². The van der Waals surface area contributed by atoms with Crippen LogP contribution in [0.1, 0.15) is 25.3 Å². The van der Waals surface area contributed by atoms with E-state index in [9.17, 15) is 9.59 Å². The lowest BCUT2D eigenvalue weighted by Crippen LogP contribution is -2.33. The van der Waals surface area contributed by atoms with Crippen LogP contribution in [0.25, 0.3) is 6.08 Å². The summed E-state index contributed by atoms with van der Waals surface area (Å²) in [6.45, 7) is 2.97. The standard InChI is InChI=1S/C21H26N2O4/c1-14-19(21(25)26-4)18(12-15-7-9-16(10-8-15)22(2)3)20(24)23(14)13-17-6-5-11-27-17/h7-10,12,17H,5-6,11,13H2,1-4H3. The number of carbonyl (C=O) groups is 2. The van der Waals surface area contributed by atoms with Crippen molar-refractivity contribution < 1.29 is 19.1 Å². The van der Waals surface area contributed by atoms with Crippen LogP contribution in [0.15, 0.2) is 41.1 Å². The van der Waals surface area contributed by atoms with E-state index in [1.807, 2.05) is 43.3 Å². The van der Waals surface area contributed by atoms with Gasteiger partial charge in [-0.25, -0.2) is 4.79 Å². The molecule has 1 aromatic rings. The molecule has 2 aliphatic heterocycles. The smallest absolute Gasteiger partial charge is 0.340 e. The minimum absolute atomic E-state index is 0.0153. The van der Waals surface area contributed by atoms with Crippen LogP contribution in [0.3, 0.4) is 0 Å². The van der Waals surface area contributed by atoms with Gasteiger partial charge >= 0.3 is 5.97 Å². The molecule has 0 aromatic heterocycles. The van der Waals surface area contributed by atoms with Crippen molar-refractivity contribution in [3.63, 3.8) is 0 Å². The fourth-order valence-corrected chi connectivity index (χ4v) is 3.48. The highest BCUT2D eigenvalue weighted by atomic mass is 16.5. The maximum Gasteiger partial charge on any atom is 0.340 e. The minimum atomic E-state index is -0.494. The van der Waals surface area contributed by atoms with E-state index in [0.29, 0.717) is 23.4 Å². The quantitative estimate of drug-likeness (QED) is 0.589. The number of ether oxygens (including phenoxy) is 2. The highest BCUT2D eigenvalue weighted by molar-refractivity contribution is 6.16. The molecule has 1 unspecified atom stereocenters. The van der Waals surface area contributed by atoms with Crippen LogP contribution in [0.5, 0.6) is 0 Å². The molecule has 2 heterocycles. The van der Waals surface area contributed by atoms with E-state index < -0.39 is 5.97 Å². The molecule has 1 amide bonds. The van der Waals surface area contributed by atoms with Crippen LogP contribution >= 0.6 is 0 Å². The number of rotatable bonds is 5. The normalized spacial score (nSPS) is 21.3. The maximum atomic E-state index is 13.1. The molecular formula is C21H26N2O4. The molecular weight excluding hydrogens is 344 g/mol. The molecule has 3 rings (SSSR count).